The third-order valence-corrected chi connectivity index (χ3v) is 4.20. The number of phenolic OH excluding ortho intramolecular Hbond substituents is 1. The Kier molecular flexibility index (Phi) is 3.80. The van der Waals surface area contributed by atoms with Crippen LogP contribution in [0, 0.1) is 5.92 Å². The van der Waals surface area contributed by atoms with Crippen molar-refractivity contribution in [2.75, 3.05) is 19.6 Å². The van der Waals surface area contributed by atoms with Gasteiger partial charge in [-0.15, -0.1) is 0 Å². The molecule has 1 amide bonds. The van der Waals surface area contributed by atoms with Crippen molar-refractivity contribution in [3.05, 3.63) is 29.8 Å². The van der Waals surface area contributed by atoms with Crippen LogP contribution in [0.25, 0.3) is 0 Å². The highest BCUT2D eigenvalue weighted by molar-refractivity contribution is 5.92. The van der Waals surface area contributed by atoms with Crippen LogP contribution in [-0.2, 0) is 10.2 Å². The molecule has 4 heteroatoms. The Bertz CT molecular complexity index is 454. The summed E-state index contributed by atoms with van der Waals surface area (Å²) >= 11 is 0. The van der Waals surface area contributed by atoms with Crippen LogP contribution in [0.15, 0.2) is 24.3 Å². The molecule has 3 N–H and O–H groups in total. The highest BCUT2D eigenvalue weighted by atomic mass is 16.3. The quantitative estimate of drug-likeness (QED) is 0.844. The van der Waals surface area contributed by atoms with Gasteiger partial charge in [0, 0.05) is 13.1 Å². The normalized spacial score (nSPS) is 25.1. The van der Waals surface area contributed by atoms with Gasteiger partial charge in [-0.1, -0.05) is 12.1 Å². The third-order valence-electron chi connectivity index (χ3n) is 4.20. The monoisotopic (exact) mass is 262 g/mol. The maximum Gasteiger partial charge on any atom is 0.233 e. The first-order chi connectivity index (χ1) is 9.09. The van der Waals surface area contributed by atoms with Gasteiger partial charge >= 0.3 is 0 Å². The number of hydrogen-bond donors (Lipinski definition) is 2. The first kappa shape index (κ1) is 13.9. The van der Waals surface area contributed by atoms with Gasteiger partial charge in [-0.25, -0.2) is 0 Å². The topological polar surface area (TPSA) is 66.6 Å². The predicted octanol–water partition coefficient (Wildman–Crippen LogP) is 1.48. The first-order valence-corrected chi connectivity index (χ1v) is 6.89. The molecule has 4 nitrogen and oxygen atoms in total. The van der Waals surface area contributed by atoms with E-state index in [4.69, 9.17) is 5.73 Å². The second kappa shape index (κ2) is 5.21. The molecule has 0 heterocycles. The molecule has 2 rings (SSSR count). The summed E-state index contributed by atoms with van der Waals surface area (Å²) in [6.07, 6.45) is 0.809. The summed E-state index contributed by atoms with van der Waals surface area (Å²) in [6.45, 7) is 5.93. The standard InChI is InChI=1S/C15H22N2O2/c1-3-17(4-2)14(19)15(9-12(15)10-16)11-5-7-13(18)8-6-11/h5-8,12,18H,3-4,9-10,16H2,1-2H3/t12-,15-/m1/s1. The highest BCUT2D eigenvalue weighted by Gasteiger charge is 2.61. The minimum atomic E-state index is -0.464. The van der Waals surface area contributed by atoms with Crippen LogP contribution in [-0.4, -0.2) is 35.5 Å². The van der Waals surface area contributed by atoms with Crippen LogP contribution in [0.2, 0.25) is 0 Å². The van der Waals surface area contributed by atoms with E-state index in [1.165, 1.54) is 0 Å². The zero-order valence-electron chi connectivity index (χ0n) is 11.6. The number of carbonyl (C=O) groups excluding carboxylic acids is 1. The number of amides is 1. The van der Waals surface area contributed by atoms with Gasteiger partial charge in [-0.3, -0.25) is 4.79 Å². The lowest BCUT2D eigenvalue weighted by Crippen LogP contribution is -2.40. The first-order valence-electron chi connectivity index (χ1n) is 6.89. The van der Waals surface area contributed by atoms with Gasteiger partial charge in [0.25, 0.3) is 0 Å². The second-order valence-corrected chi connectivity index (χ2v) is 5.13. The Morgan fingerprint density at radius 3 is 2.37 bits per heavy atom. The number of likely N-dealkylation sites (N-methyl/N-ethyl adjacent to an activating group) is 1. The molecule has 19 heavy (non-hydrogen) atoms. The number of rotatable bonds is 5. The predicted molar refractivity (Wildman–Crippen MR) is 74.9 cm³/mol. The number of benzene rings is 1. The van der Waals surface area contributed by atoms with Gasteiger partial charge in [-0.2, -0.15) is 0 Å². The molecule has 1 aliphatic rings. The van der Waals surface area contributed by atoms with E-state index >= 15 is 0 Å². The Hall–Kier alpha value is -1.55. The maximum atomic E-state index is 12.8. The van der Waals surface area contributed by atoms with Crippen LogP contribution in [0.3, 0.4) is 0 Å². The van der Waals surface area contributed by atoms with Crippen LogP contribution in [0.1, 0.15) is 25.8 Å². The molecule has 0 aliphatic heterocycles. The Morgan fingerprint density at radius 1 is 1.37 bits per heavy atom. The molecule has 1 fully saturated rings. The largest absolute Gasteiger partial charge is 0.508 e. The number of phenols is 1. The van der Waals surface area contributed by atoms with Gasteiger partial charge in [-0.05, 0) is 50.4 Å². The van der Waals surface area contributed by atoms with Crippen LogP contribution in [0.5, 0.6) is 5.75 Å². The minimum Gasteiger partial charge on any atom is -0.508 e. The Labute approximate surface area is 114 Å². The van der Waals surface area contributed by atoms with E-state index in [0.29, 0.717) is 19.6 Å². The van der Waals surface area contributed by atoms with Crippen LogP contribution >= 0.6 is 0 Å². The molecule has 104 valence electrons. The number of hydrogen-bond acceptors (Lipinski definition) is 3. The van der Waals surface area contributed by atoms with Crippen molar-refractivity contribution in [1.29, 1.82) is 0 Å². The number of nitrogens with zero attached hydrogens (tertiary/aromatic N) is 1. The van der Waals surface area contributed by atoms with E-state index in [-0.39, 0.29) is 17.6 Å². The molecular weight excluding hydrogens is 240 g/mol. The summed E-state index contributed by atoms with van der Waals surface area (Å²) in [6, 6.07) is 6.95. The van der Waals surface area contributed by atoms with Crippen LogP contribution in [0.4, 0.5) is 0 Å². The Balaban J connectivity index is 2.34. The summed E-state index contributed by atoms with van der Waals surface area (Å²) < 4.78 is 0. The second-order valence-electron chi connectivity index (χ2n) is 5.13. The van der Waals surface area contributed by atoms with E-state index in [9.17, 15) is 9.90 Å². The molecule has 0 spiro atoms. The zero-order chi connectivity index (χ0) is 14.0. The Morgan fingerprint density at radius 2 is 1.95 bits per heavy atom. The molecule has 0 saturated heterocycles. The molecule has 0 aromatic heterocycles. The highest BCUT2D eigenvalue weighted by Crippen LogP contribution is 2.55. The van der Waals surface area contributed by atoms with Crippen molar-refractivity contribution in [3.63, 3.8) is 0 Å². The van der Waals surface area contributed by atoms with Crippen molar-refractivity contribution in [2.24, 2.45) is 11.7 Å². The molecule has 1 aromatic carbocycles. The van der Waals surface area contributed by atoms with Crippen molar-refractivity contribution in [3.8, 4) is 5.75 Å². The third kappa shape index (κ3) is 2.21. The fourth-order valence-corrected chi connectivity index (χ4v) is 2.91. The molecular formula is C15H22N2O2. The fraction of sp³-hybridized carbons (Fsp3) is 0.533. The smallest absolute Gasteiger partial charge is 0.233 e. The summed E-state index contributed by atoms with van der Waals surface area (Å²) in [7, 11) is 0. The molecule has 2 atom stereocenters. The van der Waals surface area contributed by atoms with Crippen molar-refractivity contribution >= 4 is 5.91 Å². The summed E-state index contributed by atoms with van der Waals surface area (Å²) in [5.74, 6) is 0.600. The lowest BCUT2D eigenvalue weighted by atomic mass is 9.91. The number of aromatic hydroxyl groups is 1. The number of nitrogens with two attached hydrogens (primary N) is 1. The summed E-state index contributed by atoms with van der Waals surface area (Å²) in [4.78, 5) is 14.6. The molecule has 1 saturated carbocycles. The lowest BCUT2D eigenvalue weighted by molar-refractivity contribution is -0.134. The SMILES string of the molecule is CCN(CC)C(=O)[C@@]1(c2ccc(O)cc2)C[C@@H]1CN. The molecule has 0 radical (unpaired) electrons. The number of carbonyl (C=O) groups is 1. The average molecular weight is 262 g/mol. The molecule has 0 unspecified atom stereocenters. The summed E-state index contributed by atoms with van der Waals surface area (Å²) in [5, 5.41) is 9.39. The van der Waals surface area contributed by atoms with Crippen molar-refractivity contribution < 1.29 is 9.90 Å². The maximum absolute atomic E-state index is 12.8. The molecule has 0 bridgehead atoms. The van der Waals surface area contributed by atoms with Gasteiger partial charge in [0.15, 0.2) is 0 Å². The van der Waals surface area contributed by atoms with Crippen molar-refractivity contribution in [1.82, 2.24) is 4.90 Å². The minimum absolute atomic E-state index is 0.165. The lowest BCUT2D eigenvalue weighted by Gasteiger charge is -2.26. The van der Waals surface area contributed by atoms with E-state index in [1.54, 1.807) is 12.1 Å². The molecule has 1 aliphatic carbocycles. The van der Waals surface area contributed by atoms with Gasteiger partial charge in [0.05, 0.1) is 5.41 Å². The average Bonchev–Trinajstić information content (AvgIpc) is 3.16. The zero-order valence-corrected chi connectivity index (χ0v) is 11.6. The van der Waals surface area contributed by atoms with E-state index in [2.05, 4.69) is 0 Å². The van der Waals surface area contributed by atoms with E-state index < -0.39 is 5.41 Å². The van der Waals surface area contributed by atoms with Crippen molar-refractivity contribution in [2.45, 2.75) is 25.7 Å². The van der Waals surface area contributed by atoms with E-state index in [0.717, 1.165) is 12.0 Å². The van der Waals surface area contributed by atoms with E-state index in [1.807, 2.05) is 30.9 Å². The fourth-order valence-electron chi connectivity index (χ4n) is 2.91. The molecule has 1 aromatic rings. The summed E-state index contributed by atoms with van der Waals surface area (Å²) in [5.41, 5.74) is 6.28. The van der Waals surface area contributed by atoms with Gasteiger partial charge in [0.1, 0.15) is 5.75 Å². The van der Waals surface area contributed by atoms with Gasteiger partial charge in [0.2, 0.25) is 5.91 Å². The van der Waals surface area contributed by atoms with Crippen LogP contribution < -0.4 is 5.73 Å². The van der Waals surface area contributed by atoms with Gasteiger partial charge < -0.3 is 15.7 Å².